The Hall–Kier alpha value is -3.50. The first kappa shape index (κ1) is 22.3. The summed E-state index contributed by atoms with van der Waals surface area (Å²) in [5.74, 6) is 1.56. The highest BCUT2D eigenvalue weighted by Crippen LogP contribution is 2.36. The Morgan fingerprint density at radius 3 is 2.74 bits per heavy atom. The maximum atomic E-state index is 12.4. The van der Waals surface area contributed by atoms with Crippen LogP contribution in [0.15, 0.2) is 48.5 Å². The second-order valence-corrected chi connectivity index (χ2v) is 8.51. The van der Waals surface area contributed by atoms with Gasteiger partial charge in [0.25, 0.3) is 0 Å². The molecule has 10 nitrogen and oxygen atoms in total. The minimum absolute atomic E-state index is 0.269. The topological polar surface area (TPSA) is 106 Å². The maximum Gasteiger partial charge on any atom is 0.319 e. The van der Waals surface area contributed by atoms with Crippen LogP contribution in [0.3, 0.4) is 0 Å². The number of carbonyl (C=O) groups is 1. The minimum Gasteiger partial charge on any atom is -0.492 e. The molecule has 0 atom stereocenters. The standard InChI is InChI=1S/C24H29N7O3/c32-24(26-20-6-4-19(5-7-20)23-27-28-29-31(23)21-8-9-21)25-17-18-2-1-3-22(16-18)34-15-12-30-10-13-33-14-11-30/h1-7,16,21H,8-15,17H2,(H2,25,26,32). The Morgan fingerprint density at radius 2 is 1.94 bits per heavy atom. The number of nitrogens with zero attached hydrogens (tertiary/aromatic N) is 5. The molecule has 2 amide bonds. The van der Waals surface area contributed by atoms with Gasteiger partial charge in [0.2, 0.25) is 0 Å². The number of nitrogens with one attached hydrogen (secondary N) is 2. The predicted molar refractivity (Wildman–Crippen MR) is 127 cm³/mol. The maximum absolute atomic E-state index is 12.4. The lowest BCUT2D eigenvalue weighted by Crippen LogP contribution is -2.38. The number of hydrogen-bond acceptors (Lipinski definition) is 7. The molecule has 178 valence electrons. The Kier molecular flexibility index (Phi) is 6.97. The highest BCUT2D eigenvalue weighted by atomic mass is 16.5. The van der Waals surface area contributed by atoms with Crippen molar-refractivity contribution in [2.75, 3.05) is 44.8 Å². The van der Waals surface area contributed by atoms with Crippen LogP contribution >= 0.6 is 0 Å². The van der Waals surface area contributed by atoms with E-state index in [1.807, 2.05) is 53.2 Å². The summed E-state index contributed by atoms with van der Waals surface area (Å²) in [6, 6.07) is 15.5. The summed E-state index contributed by atoms with van der Waals surface area (Å²) < 4.78 is 13.1. The van der Waals surface area contributed by atoms with Crippen LogP contribution in [0.4, 0.5) is 10.5 Å². The number of hydrogen-bond donors (Lipinski definition) is 2. The fourth-order valence-corrected chi connectivity index (χ4v) is 3.87. The van der Waals surface area contributed by atoms with E-state index >= 15 is 0 Å². The predicted octanol–water partition coefficient (Wildman–Crippen LogP) is 2.71. The zero-order valence-corrected chi connectivity index (χ0v) is 19.0. The monoisotopic (exact) mass is 463 g/mol. The van der Waals surface area contributed by atoms with Gasteiger partial charge in [-0.15, -0.1) is 5.10 Å². The fourth-order valence-electron chi connectivity index (χ4n) is 3.87. The van der Waals surface area contributed by atoms with Gasteiger partial charge in [-0.25, -0.2) is 9.48 Å². The Labute approximate surface area is 198 Å². The lowest BCUT2D eigenvalue weighted by molar-refractivity contribution is 0.0322. The van der Waals surface area contributed by atoms with Gasteiger partial charge in [-0.05, 0) is 65.2 Å². The quantitative estimate of drug-likeness (QED) is 0.503. The number of carbonyl (C=O) groups excluding carboxylic acids is 1. The molecule has 1 aromatic heterocycles. The molecule has 5 rings (SSSR count). The second-order valence-electron chi connectivity index (χ2n) is 8.51. The summed E-state index contributed by atoms with van der Waals surface area (Å²) in [5, 5.41) is 17.8. The van der Waals surface area contributed by atoms with Gasteiger partial charge in [0.15, 0.2) is 5.82 Å². The highest BCUT2D eigenvalue weighted by molar-refractivity contribution is 5.89. The lowest BCUT2D eigenvalue weighted by atomic mass is 10.2. The van der Waals surface area contributed by atoms with Crippen molar-refractivity contribution in [1.82, 2.24) is 30.4 Å². The summed E-state index contributed by atoms with van der Waals surface area (Å²) in [4.78, 5) is 14.7. The number of morpholine rings is 1. The van der Waals surface area contributed by atoms with E-state index in [1.54, 1.807) is 0 Å². The van der Waals surface area contributed by atoms with Crippen LogP contribution < -0.4 is 15.4 Å². The molecule has 0 radical (unpaired) electrons. The van der Waals surface area contributed by atoms with Crippen LogP contribution in [-0.4, -0.2) is 70.6 Å². The summed E-state index contributed by atoms with van der Waals surface area (Å²) in [6.07, 6.45) is 2.22. The molecule has 2 aliphatic rings. The van der Waals surface area contributed by atoms with Crippen molar-refractivity contribution >= 4 is 11.7 Å². The van der Waals surface area contributed by atoms with Gasteiger partial charge < -0.3 is 20.1 Å². The molecule has 1 aliphatic heterocycles. The molecular formula is C24H29N7O3. The molecule has 0 spiro atoms. The van der Waals surface area contributed by atoms with E-state index in [1.165, 1.54) is 0 Å². The van der Waals surface area contributed by atoms with Gasteiger partial charge in [0.05, 0.1) is 19.3 Å². The molecule has 2 aromatic carbocycles. The van der Waals surface area contributed by atoms with Gasteiger partial charge in [-0.1, -0.05) is 12.1 Å². The zero-order valence-electron chi connectivity index (χ0n) is 19.0. The molecule has 1 saturated carbocycles. The van der Waals surface area contributed by atoms with Crippen molar-refractivity contribution in [2.24, 2.45) is 0 Å². The molecular weight excluding hydrogens is 434 g/mol. The van der Waals surface area contributed by atoms with Crippen LogP contribution in [0.1, 0.15) is 24.4 Å². The number of urea groups is 1. The first-order valence-electron chi connectivity index (χ1n) is 11.7. The van der Waals surface area contributed by atoms with Gasteiger partial charge in [0, 0.05) is 37.4 Å². The summed E-state index contributed by atoms with van der Waals surface area (Å²) in [5.41, 5.74) is 2.60. The van der Waals surface area contributed by atoms with Crippen LogP contribution in [0.5, 0.6) is 5.75 Å². The lowest BCUT2D eigenvalue weighted by Gasteiger charge is -2.26. The van der Waals surface area contributed by atoms with E-state index in [9.17, 15) is 4.79 Å². The molecule has 2 heterocycles. The van der Waals surface area contributed by atoms with Crippen molar-refractivity contribution in [1.29, 1.82) is 0 Å². The number of anilines is 1. The average Bonchev–Trinajstić information content (AvgIpc) is 3.60. The molecule has 3 aromatic rings. The van der Waals surface area contributed by atoms with Crippen molar-refractivity contribution in [2.45, 2.75) is 25.4 Å². The number of rotatable bonds is 9. The third-order valence-electron chi connectivity index (χ3n) is 5.92. The molecule has 34 heavy (non-hydrogen) atoms. The molecule has 10 heteroatoms. The average molecular weight is 464 g/mol. The minimum atomic E-state index is -0.269. The highest BCUT2D eigenvalue weighted by Gasteiger charge is 2.28. The number of amides is 2. The summed E-state index contributed by atoms with van der Waals surface area (Å²) in [7, 11) is 0. The molecule has 1 saturated heterocycles. The van der Waals surface area contributed by atoms with E-state index in [-0.39, 0.29) is 6.03 Å². The SMILES string of the molecule is O=C(NCc1cccc(OCCN2CCOCC2)c1)Nc1ccc(-c2nnnn2C2CC2)cc1. The Balaban J connectivity index is 1.08. The van der Waals surface area contributed by atoms with Gasteiger partial charge in [-0.3, -0.25) is 4.90 Å². The Morgan fingerprint density at radius 1 is 1.12 bits per heavy atom. The van der Waals surface area contributed by atoms with E-state index in [2.05, 4.69) is 31.1 Å². The number of benzene rings is 2. The van der Waals surface area contributed by atoms with Crippen LogP contribution in [-0.2, 0) is 11.3 Å². The van der Waals surface area contributed by atoms with Crippen LogP contribution in [0.2, 0.25) is 0 Å². The molecule has 0 bridgehead atoms. The molecule has 1 aliphatic carbocycles. The zero-order chi connectivity index (χ0) is 23.2. The molecule has 2 fully saturated rings. The van der Waals surface area contributed by atoms with Crippen LogP contribution in [0.25, 0.3) is 11.4 Å². The Bertz CT molecular complexity index is 1090. The smallest absolute Gasteiger partial charge is 0.319 e. The summed E-state index contributed by atoms with van der Waals surface area (Å²) in [6.45, 7) is 5.38. The van der Waals surface area contributed by atoms with Gasteiger partial charge in [0.1, 0.15) is 12.4 Å². The fraction of sp³-hybridized carbons (Fsp3) is 0.417. The van der Waals surface area contributed by atoms with Crippen molar-refractivity contribution in [3.63, 3.8) is 0 Å². The van der Waals surface area contributed by atoms with Crippen LogP contribution in [0, 0.1) is 0 Å². The first-order chi connectivity index (χ1) is 16.7. The van der Waals surface area contributed by atoms with Crippen molar-refractivity contribution < 1.29 is 14.3 Å². The molecule has 0 unspecified atom stereocenters. The van der Waals surface area contributed by atoms with E-state index in [4.69, 9.17) is 9.47 Å². The third kappa shape index (κ3) is 5.89. The van der Waals surface area contributed by atoms with Crippen molar-refractivity contribution in [3.8, 4) is 17.1 Å². The molecule has 2 N–H and O–H groups in total. The second kappa shape index (κ2) is 10.6. The largest absolute Gasteiger partial charge is 0.492 e. The summed E-state index contributed by atoms with van der Waals surface area (Å²) >= 11 is 0. The normalized spacial score (nSPS) is 16.2. The van der Waals surface area contributed by atoms with E-state index < -0.39 is 0 Å². The number of aromatic nitrogens is 4. The third-order valence-corrected chi connectivity index (χ3v) is 5.92. The van der Waals surface area contributed by atoms with Gasteiger partial charge in [-0.2, -0.15) is 0 Å². The van der Waals surface area contributed by atoms with Crippen molar-refractivity contribution in [3.05, 3.63) is 54.1 Å². The number of tetrazole rings is 1. The number of ether oxygens (including phenoxy) is 2. The van der Waals surface area contributed by atoms with Gasteiger partial charge >= 0.3 is 6.03 Å². The van der Waals surface area contributed by atoms with E-state index in [0.29, 0.717) is 24.9 Å². The van der Waals surface area contributed by atoms with E-state index in [0.717, 1.165) is 68.4 Å². The first-order valence-corrected chi connectivity index (χ1v) is 11.7.